The molecule has 3 aromatic carbocycles. The summed E-state index contributed by atoms with van der Waals surface area (Å²) in [5, 5.41) is 4.18. The molecule has 0 aliphatic carbocycles. The summed E-state index contributed by atoms with van der Waals surface area (Å²) in [6.07, 6.45) is 0.926. The van der Waals surface area contributed by atoms with Crippen LogP contribution in [0.5, 0.6) is 5.75 Å². The summed E-state index contributed by atoms with van der Waals surface area (Å²) in [7, 11) is 0. The molecule has 0 aliphatic rings. The number of ether oxygens (including phenoxy) is 1. The normalized spacial score (nSPS) is 10.7. The van der Waals surface area contributed by atoms with Crippen molar-refractivity contribution in [1.29, 1.82) is 0 Å². The summed E-state index contributed by atoms with van der Waals surface area (Å²) < 4.78 is 19.6. The Morgan fingerprint density at radius 2 is 1.54 bits per heavy atom. The zero-order valence-electron chi connectivity index (χ0n) is 14.4. The average Bonchev–Trinajstić information content (AvgIpc) is 2.67. The molecule has 2 nitrogen and oxygen atoms in total. The van der Waals surface area contributed by atoms with Gasteiger partial charge in [-0.15, -0.1) is 0 Å². The summed E-state index contributed by atoms with van der Waals surface area (Å²) in [4.78, 5) is 0. The van der Waals surface area contributed by atoms with Crippen molar-refractivity contribution in [1.82, 2.24) is 5.32 Å². The largest absolute Gasteiger partial charge is 0.488 e. The van der Waals surface area contributed by atoms with Crippen LogP contribution in [0.1, 0.15) is 16.7 Å². The Morgan fingerprint density at radius 1 is 0.846 bits per heavy atom. The van der Waals surface area contributed by atoms with Crippen molar-refractivity contribution in [3.63, 3.8) is 0 Å². The fraction of sp³-hybridized carbons (Fsp3) is 0.182. The molecule has 0 atom stereocenters. The third-order valence-corrected chi connectivity index (χ3v) is 4.38. The van der Waals surface area contributed by atoms with E-state index in [0.717, 1.165) is 29.3 Å². The average molecular weight is 370 g/mol. The third kappa shape index (κ3) is 5.32. The monoisotopic (exact) mass is 369 g/mol. The highest BCUT2D eigenvalue weighted by Gasteiger charge is 2.06. The van der Waals surface area contributed by atoms with E-state index in [-0.39, 0.29) is 12.4 Å². The lowest BCUT2D eigenvalue weighted by atomic mass is 10.1. The van der Waals surface area contributed by atoms with Gasteiger partial charge in [-0.2, -0.15) is 0 Å². The lowest BCUT2D eigenvalue weighted by molar-refractivity contribution is 0.296. The van der Waals surface area contributed by atoms with E-state index in [1.165, 1.54) is 11.6 Å². The summed E-state index contributed by atoms with van der Waals surface area (Å²) >= 11 is 5.90. The fourth-order valence-corrected chi connectivity index (χ4v) is 2.79. The van der Waals surface area contributed by atoms with Crippen LogP contribution in [0, 0.1) is 5.82 Å². The summed E-state index contributed by atoms with van der Waals surface area (Å²) in [6.45, 7) is 1.76. The molecular formula is C22H21ClFNO. The summed E-state index contributed by atoms with van der Waals surface area (Å²) in [5.41, 5.74) is 2.85. The third-order valence-electron chi connectivity index (χ3n) is 4.13. The Morgan fingerprint density at radius 3 is 2.31 bits per heavy atom. The van der Waals surface area contributed by atoms with Crippen molar-refractivity contribution in [2.24, 2.45) is 0 Å². The van der Waals surface area contributed by atoms with Crippen molar-refractivity contribution in [2.45, 2.75) is 19.6 Å². The zero-order valence-corrected chi connectivity index (χ0v) is 15.2. The van der Waals surface area contributed by atoms with E-state index < -0.39 is 0 Å². The molecule has 26 heavy (non-hydrogen) atoms. The van der Waals surface area contributed by atoms with Gasteiger partial charge in [0.2, 0.25) is 0 Å². The van der Waals surface area contributed by atoms with E-state index in [1.807, 2.05) is 54.6 Å². The molecule has 0 aromatic heterocycles. The van der Waals surface area contributed by atoms with E-state index in [0.29, 0.717) is 12.1 Å². The molecule has 1 N–H and O–H groups in total. The van der Waals surface area contributed by atoms with Crippen LogP contribution in [0.25, 0.3) is 0 Å². The van der Waals surface area contributed by atoms with Crippen LogP contribution in [-0.2, 0) is 19.6 Å². The highest BCUT2D eigenvalue weighted by Crippen LogP contribution is 2.20. The molecular weight excluding hydrogens is 349 g/mol. The molecule has 0 saturated carbocycles. The molecule has 0 aliphatic heterocycles. The summed E-state index contributed by atoms with van der Waals surface area (Å²) in [6, 6.07) is 22.4. The Balaban J connectivity index is 1.52. The highest BCUT2D eigenvalue weighted by molar-refractivity contribution is 6.30. The first-order valence-electron chi connectivity index (χ1n) is 8.61. The minimum atomic E-state index is -0.244. The Kier molecular flexibility index (Phi) is 6.64. The minimum Gasteiger partial charge on any atom is -0.488 e. The van der Waals surface area contributed by atoms with Crippen LogP contribution in [0.2, 0.25) is 5.02 Å². The zero-order chi connectivity index (χ0) is 18.2. The molecule has 0 saturated heterocycles. The second kappa shape index (κ2) is 9.37. The first kappa shape index (κ1) is 18.4. The van der Waals surface area contributed by atoms with Crippen molar-refractivity contribution in [3.05, 3.63) is 100 Å². The SMILES string of the molecule is Fc1ccccc1COc1ccccc1CNCCc1ccc(Cl)cc1. The van der Waals surface area contributed by atoms with Crippen LogP contribution in [-0.4, -0.2) is 6.54 Å². The predicted octanol–water partition coefficient (Wildman–Crippen LogP) is 5.39. The van der Waals surface area contributed by atoms with Gasteiger partial charge in [-0.05, 0) is 42.8 Å². The Labute approximate surface area is 158 Å². The van der Waals surface area contributed by atoms with Crippen LogP contribution < -0.4 is 10.1 Å². The van der Waals surface area contributed by atoms with Gasteiger partial charge < -0.3 is 10.1 Å². The molecule has 3 aromatic rings. The molecule has 0 radical (unpaired) electrons. The van der Waals surface area contributed by atoms with E-state index in [2.05, 4.69) is 5.32 Å². The highest BCUT2D eigenvalue weighted by atomic mass is 35.5. The smallest absolute Gasteiger partial charge is 0.129 e. The van der Waals surface area contributed by atoms with E-state index >= 15 is 0 Å². The van der Waals surface area contributed by atoms with Crippen molar-refractivity contribution < 1.29 is 9.13 Å². The van der Waals surface area contributed by atoms with Crippen LogP contribution in [0.4, 0.5) is 4.39 Å². The second-order valence-electron chi connectivity index (χ2n) is 6.04. The van der Waals surface area contributed by atoms with Gasteiger partial charge in [0.05, 0.1) is 0 Å². The van der Waals surface area contributed by atoms with Crippen molar-refractivity contribution in [2.75, 3.05) is 6.54 Å². The molecule has 4 heteroatoms. The van der Waals surface area contributed by atoms with E-state index in [9.17, 15) is 4.39 Å². The molecule has 3 rings (SSSR count). The van der Waals surface area contributed by atoms with Gasteiger partial charge in [0.25, 0.3) is 0 Å². The first-order chi connectivity index (χ1) is 12.7. The fourth-order valence-electron chi connectivity index (χ4n) is 2.67. The van der Waals surface area contributed by atoms with Gasteiger partial charge in [-0.25, -0.2) is 4.39 Å². The standard InChI is InChI=1S/C22H21ClFNO/c23-20-11-9-17(10-12-20)13-14-25-15-18-5-2-4-8-22(18)26-16-19-6-1-3-7-21(19)24/h1-12,25H,13-16H2. The number of hydrogen-bond acceptors (Lipinski definition) is 2. The van der Waals surface area contributed by atoms with E-state index in [1.54, 1.807) is 12.1 Å². The Hall–Kier alpha value is -2.36. The molecule has 0 spiro atoms. The van der Waals surface area contributed by atoms with E-state index in [4.69, 9.17) is 16.3 Å². The molecule has 0 heterocycles. The molecule has 0 fully saturated rings. The van der Waals surface area contributed by atoms with Gasteiger partial charge in [-0.3, -0.25) is 0 Å². The summed E-state index contributed by atoms with van der Waals surface area (Å²) in [5.74, 6) is 0.529. The molecule has 0 amide bonds. The van der Waals surface area contributed by atoms with Crippen molar-refractivity contribution in [3.8, 4) is 5.75 Å². The predicted molar refractivity (Wildman–Crippen MR) is 104 cm³/mol. The molecule has 0 unspecified atom stereocenters. The van der Waals surface area contributed by atoms with Crippen LogP contribution in [0.15, 0.2) is 72.8 Å². The van der Waals surface area contributed by atoms with Gasteiger partial charge >= 0.3 is 0 Å². The van der Waals surface area contributed by atoms with Crippen LogP contribution in [0.3, 0.4) is 0 Å². The molecule has 0 bridgehead atoms. The number of benzene rings is 3. The maximum atomic E-state index is 13.7. The van der Waals surface area contributed by atoms with Gasteiger partial charge in [0, 0.05) is 22.7 Å². The van der Waals surface area contributed by atoms with Crippen molar-refractivity contribution >= 4 is 11.6 Å². The number of para-hydroxylation sites is 1. The van der Waals surface area contributed by atoms with Gasteiger partial charge in [0.15, 0.2) is 0 Å². The quantitative estimate of drug-likeness (QED) is 0.537. The first-order valence-corrected chi connectivity index (χ1v) is 8.99. The Bertz CT molecular complexity index is 836. The minimum absolute atomic E-state index is 0.217. The number of hydrogen-bond donors (Lipinski definition) is 1. The number of halogens is 2. The number of rotatable bonds is 8. The topological polar surface area (TPSA) is 21.3 Å². The van der Waals surface area contributed by atoms with Gasteiger partial charge in [0.1, 0.15) is 18.2 Å². The van der Waals surface area contributed by atoms with Crippen LogP contribution >= 0.6 is 11.6 Å². The lowest BCUT2D eigenvalue weighted by Gasteiger charge is -2.13. The number of nitrogens with one attached hydrogen (secondary N) is 1. The lowest BCUT2D eigenvalue weighted by Crippen LogP contribution is -2.17. The second-order valence-corrected chi connectivity index (χ2v) is 6.48. The van der Waals surface area contributed by atoms with Gasteiger partial charge in [-0.1, -0.05) is 60.1 Å². The maximum absolute atomic E-state index is 13.7. The maximum Gasteiger partial charge on any atom is 0.129 e. The molecule has 134 valence electrons.